The van der Waals surface area contributed by atoms with E-state index in [2.05, 4.69) is 22.6 Å². The fraction of sp³-hybridized carbons (Fsp3) is 0.440. The van der Waals surface area contributed by atoms with Gasteiger partial charge in [0, 0.05) is 42.6 Å². The fourth-order valence-electron chi connectivity index (χ4n) is 4.51. The van der Waals surface area contributed by atoms with E-state index in [0.29, 0.717) is 18.7 Å². The Hall–Kier alpha value is -2.91. The summed E-state index contributed by atoms with van der Waals surface area (Å²) >= 11 is 1.80. The van der Waals surface area contributed by atoms with Crippen molar-refractivity contribution in [2.24, 2.45) is 0 Å². The molecule has 2 amide bonds. The van der Waals surface area contributed by atoms with Crippen LogP contribution in [0.3, 0.4) is 0 Å². The normalized spacial score (nSPS) is 16.1. The number of cyclic esters (lactones) is 1. The number of thioether (sulfide) groups is 1. The standard InChI is InChI=1S/C25H32N4O4S/c1-3-34-15-12-26-24(30)18-8-9-23(21(16-18)27-32-2)28-13-10-20(11-14-28)29-22-7-5-4-6-19(22)17-33-25(29)31/h4-9,16,20,27H,3,10-15,17H2,1-2H3,(H,26,30). The predicted octanol–water partition coefficient (Wildman–Crippen LogP) is 4.27. The number of nitrogens with one attached hydrogen (secondary N) is 2. The van der Waals surface area contributed by atoms with Crippen LogP contribution in [0, 0.1) is 0 Å². The molecule has 34 heavy (non-hydrogen) atoms. The zero-order chi connectivity index (χ0) is 23.9. The van der Waals surface area contributed by atoms with Gasteiger partial charge in [-0.15, -0.1) is 0 Å². The van der Waals surface area contributed by atoms with Crippen LogP contribution in [0.2, 0.25) is 0 Å². The first-order valence-electron chi connectivity index (χ1n) is 11.7. The molecule has 0 spiro atoms. The van der Waals surface area contributed by atoms with Gasteiger partial charge in [-0.3, -0.25) is 20.0 Å². The Morgan fingerprint density at radius 1 is 1.18 bits per heavy atom. The lowest BCUT2D eigenvalue weighted by Crippen LogP contribution is -2.49. The van der Waals surface area contributed by atoms with E-state index < -0.39 is 0 Å². The van der Waals surface area contributed by atoms with E-state index in [-0.39, 0.29) is 18.0 Å². The number of anilines is 3. The Balaban J connectivity index is 1.43. The van der Waals surface area contributed by atoms with Crippen molar-refractivity contribution >= 4 is 40.8 Å². The van der Waals surface area contributed by atoms with Gasteiger partial charge in [-0.25, -0.2) is 4.79 Å². The number of hydrogen-bond donors (Lipinski definition) is 2. The van der Waals surface area contributed by atoms with Crippen LogP contribution < -0.4 is 20.6 Å². The second kappa shape index (κ2) is 11.5. The molecule has 2 aromatic carbocycles. The zero-order valence-electron chi connectivity index (χ0n) is 19.7. The molecule has 2 aromatic rings. The maximum atomic E-state index is 12.6. The lowest BCUT2D eigenvalue weighted by atomic mass is 9.99. The Morgan fingerprint density at radius 2 is 1.97 bits per heavy atom. The molecule has 0 atom stereocenters. The molecule has 0 saturated carbocycles. The summed E-state index contributed by atoms with van der Waals surface area (Å²) < 4.78 is 5.42. The van der Waals surface area contributed by atoms with Crippen LogP contribution >= 0.6 is 11.8 Å². The maximum Gasteiger partial charge on any atom is 0.414 e. The number of piperidine rings is 1. The minimum Gasteiger partial charge on any atom is -0.444 e. The molecule has 0 aliphatic carbocycles. The average Bonchev–Trinajstić information content (AvgIpc) is 2.87. The summed E-state index contributed by atoms with van der Waals surface area (Å²) in [5, 5.41) is 2.97. The Bertz CT molecular complexity index is 1010. The van der Waals surface area contributed by atoms with Crippen LogP contribution in [0.1, 0.15) is 35.7 Å². The van der Waals surface area contributed by atoms with Crippen LogP contribution in [-0.4, -0.2) is 56.3 Å². The summed E-state index contributed by atoms with van der Waals surface area (Å²) in [7, 11) is 1.56. The largest absolute Gasteiger partial charge is 0.444 e. The Kier molecular flexibility index (Phi) is 8.18. The SMILES string of the molecule is CCSCCNC(=O)c1ccc(N2CCC(N3C(=O)OCc4ccccc43)CC2)c(NOC)c1. The van der Waals surface area contributed by atoms with E-state index in [9.17, 15) is 9.59 Å². The van der Waals surface area contributed by atoms with Gasteiger partial charge in [-0.1, -0.05) is 25.1 Å². The molecule has 182 valence electrons. The minimum atomic E-state index is -0.272. The number of fused-ring (bicyclic) bond motifs is 1. The zero-order valence-corrected chi connectivity index (χ0v) is 20.5. The molecular weight excluding hydrogens is 452 g/mol. The molecule has 0 radical (unpaired) electrons. The number of para-hydroxylation sites is 1. The van der Waals surface area contributed by atoms with Crippen molar-refractivity contribution < 1.29 is 19.2 Å². The molecule has 4 rings (SSSR count). The van der Waals surface area contributed by atoms with Crippen LogP contribution in [0.25, 0.3) is 0 Å². The molecule has 0 unspecified atom stereocenters. The third-order valence-electron chi connectivity index (χ3n) is 6.18. The van der Waals surface area contributed by atoms with E-state index >= 15 is 0 Å². The third-order valence-corrected chi connectivity index (χ3v) is 7.08. The first-order chi connectivity index (χ1) is 16.6. The average molecular weight is 485 g/mol. The third kappa shape index (κ3) is 5.42. The molecule has 0 bridgehead atoms. The van der Waals surface area contributed by atoms with Gasteiger partial charge in [-0.05, 0) is 42.9 Å². The lowest BCUT2D eigenvalue weighted by molar-refractivity contribution is 0.0956. The number of hydrogen-bond acceptors (Lipinski definition) is 7. The van der Waals surface area contributed by atoms with Gasteiger partial charge >= 0.3 is 6.09 Å². The van der Waals surface area contributed by atoms with Crippen LogP contribution in [0.4, 0.5) is 21.9 Å². The summed E-state index contributed by atoms with van der Waals surface area (Å²) in [6, 6.07) is 13.6. The summed E-state index contributed by atoms with van der Waals surface area (Å²) in [5.74, 6) is 1.84. The van der Waals surface area contributed by atoms with Crippen LogP contribution in [0.15, 0.2) is 42.5 Å². The van der Waals surface area contributed by atoms with Gasteiger partial charge in [0.05, 0.1) is 24.2 Å². The molecule has 8 nitrogen and oxygen atoms in total. The minimum absolute atomic E-state index is 0.0788. The molecule has 0 aromatic heterocycles. The van der Waals surface area contributed by atoms with E-state index in [1.54, 1.807) is 18.9 Å². The first-order valence-corrected chi connectivity index (χ1v) is 12.9. The second-order valence-corrected chi connectivity index (χ2v) is 9.66. The fourth-order valence-corrected chi connectivity index (χ4v) is 5.05. The van der Waals surface area contributed by atoms with Gasteiger partial charge < -0.3 is 15.0 Å². The van der Waals surface area contributed by atoms with Crippen molar-refractivity contribution in [3.63, 3.8) is 0 Å². The number of carbonyl (C=O) groups excluding carboxylic acids is 2. The molecule has 1 fully saturated rings. The topological polar surface area (TPSA) is 83.1 Å². The van der Waals surface area contributed by atoms with Crippen LogP contribution in [-0.2, 0) is 16.2 Å². The molecule has 9 heteroatoms. The highest BCUT2D eigenvalue weighted by Gasteiger charge is 2.34. The number of benzene rings is 2. The number of carbonyl (C=O) groups is 2. The van der Waals surface area contributed by atoms with Gasteiger partial charge in [-0.2, -0.15) is 11.8 Å². The highest BCUT2D eigenvalue weighted by Crippen LogP contribution is 2.34. The van der Waals surface area contributed by atoms with E-state index in [0.717, 1.165) is 60.1 Å². The molecular formula is C25H32N4O4S. The van der Waals surface area contributed by atoms with E-state index in [1.807, 2.05) is 47.4 Å². The Labute approximate surface area is 204 Å². The lowest BCUT2D eigenvalue weighted by Gasteiger charge is -2.41. The first kappa shape index (κ1) is 24.2. The quantitative estimate of drug-likeness (QED) is 0.406. The van der Waals surface area contributed by atoms with E-state index in [1.165, 1.54) is 0 Å². The second-order valence-electron chi connectivity index (χ2n) is 8.26. The highest BCUT2D eigenvalue weighted by molar-refractivity contribution is 7.99. The molecule has 1 saturated heterocycles. The van der Waals surface area contributed by atoms with Gasteiger partial charge in [0.15, 0.2) is 0 Å². The number of amides is 2. The van der Waals surface area contributed by atoms with Crippen molar-refractivity contribution in [2.45, 2.75) is 32.4 Å². The predicted molar refractivity (Wildman–Crippen MR) is 137 cm³/mol. The van der Waals surface area contributed by atoms with Gasteiger partial charge in [0.2, 0.25) is 0 Å². The van der Waals surface area contributed by atoms with Gasteiger partial charge in [0.1, 0.15) is 6.61 Å². The monoisotopic (exact) mass is 484 g/mol. The maximum absolute atomic E-state index is 12.6. The Morgan fingerprint density at radius 3 is 2.74 bits per heavy atom. The van der Waals surface area contributed by atoms with E-state index in [4.69, 9.17) is 9.57 Å². The number of ether oxygens (including phenoxy) is 1. The van der Waals surface area contributed by atoms with Crippen molar-refractivity contribution in [3.05, 3.63) is 53.6 Å². The summed E-state index contributed by atoms with van der Waals surface area (Å²) in [6.45, 7) is 4.62. The van der Waals surface area contributed by atoms with Crippen LogP contribution in [0.5, 0.6) is 0 Å². The molecule has 2 aliphatic rings. The number of nitrogens with zero attached hydrogens (tertiary/aromatic N) is 2. The molecule has 2 aliphatic heterocycles. The summed E-state index contributed by atoms with van der Waals surface area (Å²) in [5.41, 5.74) is 7.23. The molecule has 2 heterocycles. The van der Waals surface area contributed by atoms with Crippen molar-refractivity contribution in [3.8, 4) is 0 Å². The smallest absolute Gasteiger partial charge is 0.414 e. The summed E-state index contributed by atoms with van der Waals surface area (Å²) in [6.07, 6.45) is 1.35. The summed E-state index contributed by atoms with van der Waals surface area (Å²) in [4.78, 5) is 34.4. The number of rotatable bonds is 9. The van der Waals surface area contributed by atoms with Crippen molar-refractivity contribution in [1.82, 2.24) is 5.32 Å². The van der Waals surface area contributed by atoms with Gasteiger partial charge in [0.25, 0.3) is 5.91 Å². The molecule has 2 N–H and O–H groups in total. The van der Waals surface area contributed by atoms with Crippen molar-refractivity contribution in [1.29, 1.82) is 0 Å². The highest BCUT2D eigenvalue weighted by atomic mass is 32.2. The van der Waals surface area contributed by atoms with Crippen molar-refractivity contribution in [2.75, 3.05) is 53.5 Å².